The molecular formula is C20H20O3. The van der Waals surface area contributed by atoms with Gasteiger partial charge in [-0.25, -0.2) is 0 Å². The van der Waals surface area contributed by atoms with Crippen molar-refractivity contribution in [2.75, 3.05) is 13.2 Å². The number of hydrogen-bond donors (Lipinski definition) is 1. The summed E-state index contributed by atoms with van der Waals surface area (Å²) in [6.45, 7) is 4.89. The molecule has 23 heavy (non-hydrogen) atoms. The van der Waals surface area contributed by atoms with E-state index in [2.05, 4.69) is 12.1 Å². The summed E-state index contributed by atoms with van der Waals surface area (Å²) in [5.74, 6) is 1.34. The lowest BCUT2D eigenvalue weighted by Gasteiger charge is -2.14. The van der Waals surface area contributed by atoms with Crippen molar-refractivity contribution < 1.29 is 14.6 Å². The molecule has 118 valence electrons. The van der Waals surface area contributed by atoms with Gasteiger partial charge in [-0.3, -0.25) is 0 Å². The molecule has 0 spiro atoms. The van der Waals surface area contributed by atoms with Gasteiger partial charge in [0.2, 0.25) is 0 Å². The minimum Gasteiger partial charge on any atom is -0.504 e. The van der Waals surface area contributed by atoms with Gasteiger partial charge in [-0.2, -0.15) is 0 Å². The highest BCUT2D eigenvalue weighted by molar-refractivity contribution is 5.98. The van der Waals surface area contributed by atoms with E-state index in [0.717, 1.165) is 27.6 Å². The molecule has 0 fully saturated rings. The van der Waals surface area contributed by atoms with E-state index in [1.807, 2.05) is 50.2 Å². The first-order chi connectivity index (χ1) is 11.2. The summed E-state index contributed by atoms with van der Waals surface area (Å²) in [6.07, 6.45) is 0. The average Bonchev–Trinajstić information content (AvgIpc) is 2.60. The SMILES string of the molecule is CCOc1cc(OCC)c2cc(-c3ccccc3)ccc2c1O. The third-order valence-electron chi connectivity index (χ3n) is 3.74. The number of fused-ring (bicyclic) bond motifs is 1. The van der Waals surface area contributed by atoms with Crippen molar-refractivity contribution in [3.05, 3.63) is 54.6 Å². The van der Waals surface area contributed by atoms with Crippen LogP contribution in [0.4, 0.5) is 0 Å². The van der Waals surface area contributed by atoms with Crippen LogP contribution in [0.25, 0.3) is 21.9 Å². The largest absolute Gasteiger partial charge is 0.504 e. The molecule has 0 radical (unpaired) electrons. The number of benzene rings is 3. The maximum atomic E-state index is 10.5. The van der Waals surface area contributed by atoms with Crippen LogP contribution in [0.15, 0.2) is 54.6 Å². The molecule has 3 heteroatoms. The molecule has 0 aromatic heterocycles. The van der Waals surface area contributed by atoms with Gasteiger partial charge in [-0.15, -0.1) is 0 Å². The fraction of sp³-hybridized carbons (Fsp3) is 0.200. The van der Waals surface area contributed by atoms with Gasteiger partial charge >= 0.3 is 0 Å². The van der Waals surface area contributed by atoms with Crippen molar-refractivity contribution in [3.8, 4) is 28.4 Å². The fourth-order valence-electron chi connectivity index (χ4n) is 2.70. The third-order valence-corrected chi connectivity index (χ3v) is 3.74. The van der Waals surface area contributed by atoms with Gasteiger partial charge in [-0.05, 0) is 37.1 Å². The standard InChI is InChI=1S/C20H20O3/c1-3-22-18-13-19(23-4-2)20(21)16-11-10-15(12-17(16)18)14-8-6-5-7-9-14/h5-13,21H,3-4H2,1-2H3. The molecule has 0 saturated heterocycles. The minimum atomic E-state index is 0.157. The molecule has 3 rings (SSSR count). The predicted molar refractivity (Wildman–Crippen MR) is 93.4 cm³/mol. The first kappa shape index (κ1) is 15.2. The van der Waals surface area contributed by atoms with E-state index in [1.165, 1.54) is 0 Å². The summed E-state index contributed by atoms with van der Waals surface area (Å²) in [4.78, 5) is 0. The molecule has 0 aliphatic carbocycles. The molecule has 0 unspecified atom stereocenters. The number of rotatable bonds is 5. The summed E-state index contributed by atoms with van der Waals surface area (Å²) in [5.41, 5.74) is 2.22. The van der Waals surface area contributed by atoms with Gasteiger partial charge in [0.1, 0.15) is 5.75 Å². The number of hydrogen-bond acceptors (Lipinski definition) is 3. The minimum absolute atomic E-state index is 0.157. The van der Waals surface area contributed by atoms with Crippen LogP contribution < -0.4 is 9.47 Å². The molecule has 0 atom stereocenters. The number of aromatic hydroxyl groups is 1. The van der Waals surface area contributed by atoms with Gasteiger partial charge in [0.25, 0.3) is 0 Å². The van der Waals surface area contributed by atoms with Crippen molar-refractivity contribution in [1.82, 2.24) is 0 Å². The van der Waals surface area contributed by atoms with E-state index in [9.17, 15) is 5.11 Å². The van der Waals surface area contributed by atoms with Crippen molar-refractivity contribution in [2.24, 2.45) is 0 Å². The highest BCUT2D eigenvalue weighted by atomic mass is 16.5. The smallest absolute Gasteiger partial charge is 0.165 e. The topological polar surface area (TPSA) is 38.7 Å². The van der Waals surface area contributed by atoms with Crippen LogP contribution in [0.1, 0.15) is 13.8 Å². The highest BCUT2D eigenvalue weighted by Crippen LogP contribution is 2.42. The van der Waals surface area contributed by atoms with E-state index >= 15 is 0 Å². The molecule has 3 nitrogen and oxygen atoms in total. The zero-order chi connectivity index (χ0) is 16.2. The molecule has 0 amide bonds. The Hall–Kier alpha value is -2.68. The van der Waals surface area contributed by atoms with Crippen molar-refractivity contribution in [3.63, 3.8) is 0 Å². The van der Waals surface area contributed by atoms with Crippen molar-refractivity contribution in [1.29, 1.82) is 0 Å². The van der Waals surface area contributed by atoms with Gasteiger partial charge in [-0.1, -0.05) is 36.4 Å². The normalized spacial score (nSPS) is 10.7. The summed E-state index contributed by atoms with van der Waals surface area (Å²) in [5, 5.41) is 12.1. The van der Waals surface area contributed by atoms with Gasteiger partial charge in [0, 0.05) is 16.8 Å². The Morgan fingerprint density at radius 2 is 1.43 bits per heavy atom. The van der Waals surface area contributed by atoms with E-state index in [4.69, 9.17) is 9.47 Å². The fourth-order valence-corrected chi connectivity index (χ4v) is 2.70. The van der Waals surface area contributed by atoms with E-state index < -0.39 is 0 Å². The van der Waals surface area contributed by atoms with Crippen molar-refractivity contribution >= 4 is 10.8 Å². The Morgan fingerprint density at radius 3 is 2.13 bits per heavy atom. The Balaban J connectivity index is 2.21. The average molecular weight is 308 g/mol. The maximum Gasteiger partial charge on any atom is 0.165 e. The van der Waals surface area contributed by atoms with E-state index in [0.29, 0.717) is 19.0 Å². The van der Waals surface area contributed by atoms with E-state index in [-0.39, 0.29) is 5.75 Å². The lowest BCUT2D eigenvalue weighted by atomic mass is 10.00. The lowest BCUT2D eigenvalue weighted by Crippen LogP contribution is -1.97. The second-order valence-electron chi connectivity index (χ2n) is 5.21. The second-order valence-corrected chi connectivity index (χ2v) is 5.21. The summed E-state index contributed by atoms with van der Waals surface area (Å²) in [7, 11) is 0. The lowest BCUT2D eigenvalue weighted by molar-refractivity contribution is 0.311. The maximum absolute atomic E-state index is 10.5. The van der Waals surface area contributed by atoms with Crippen LogP contribution >= 0.6 is 0 Å². The number of ether oxygens (including phenoxy) is 2. The van der Waals surface area contributed by atoms with Gasteiger partial charge < -0.3 is 14.6 Å². The van der Waals surface area contributed by atoms with Crippen LogP contribution in [0.5, 0.6) is 17.2 Å². The Labute approximate surface area is 136 Å². The molecular weight excluding hydrogens is 288 g/mol. The summed E-state index contributed by atoms with van der Waals surface area (Å²) in [6, 6.07) is 17.9. The molecule has 0 heterocycles. The van der Waals surface area contributed by atoms with Gasteiger partial charge in [0.05, 0.1) is 13.2 Å². The molecule has 0 aliphatic rings. The van der Waals surface area contributed by atoms with E-state index in [1.54, 1.807) is 6.07 Å². The molecule has 0 saturated carbocycles. The van der Waals surface area contributed by atoms with Crippen LogP contribution in [0, 0.1) is 0 Å². The Kier molecular flexibility index (Phi) is 4.38. The molecule has 0 bridgehead atoms. The first-order valence-corrected chi connectivity index (χ1v) is 7.85. The number of phenols is 1. The Bertz CT molecular complexity index is 810. The first-order valence-electron chi connectivity index (χ1n) is 7.85. The molecule has 3 aromatic carbocycles. The summed E-state index contributed by atoms with van der Waals surface area (Å²) < 4.78 is 11.3. The van der Waals surface area contributed by atoms with Gasteiger partial charge in [0.15, 0.2) is 11.5 Å². The molecule has 0 aliphatic heterocycles. The monoisotopic (exact) mass is 308 g/mol. The van der Waals surface area contributed by atoms with Crippen molar-refractivity contribution in [2.45, 2.75) is 13.8 Å². The predicted octanol–water partition coefficient (Wildman–Crippen LogP) is 5.01. The third kappa shape index (κ3) is 2.95. The van der Waals surface area contributed by atoms with Crippen LogP contribution in [-0.4, -0.2) is 18.3 Å². The van der Waals surface area contributed by atoms with Crippen LogP contribution in [0.3, 0.4) is 0 Å². The van der Waals surface area contributed by atoms with Crippen LogP contribution in [0.2, 0.25) is 0 Å². The quantitative estimate of drug-likeness (QED) is 0.720. The molecule has 1 N–H and O–H groups in total. The van der Waals surface area contributed by atoms with Crippen LogP contribution in [-0.2, 0) is 0 Å². The molecule has 3 aromatic rings. The summed E-state index contributed by atoms with van der Waals surface area (Å²) >= 11 is 0. The second kappa shape index (κ2) is 6.61. The zero-order valence-corrected chi connectivity index (χ0v) is 13.4. The Morgan fingerprint density at radius 1 is 0.739 bits per heavy atom. The zero-order valence-electron chi connectivity index (χ0n) is 13.4. The number of phenolic OH excluding ortho intramolecular Hbond substituents is 1. The highest BCUT2D eigenvalue weighted by Gasteiger charge is 2.14.